The Kier molecular flexibility index (Phi) is 3.97. The number of rotatable bonds is 4. The van der Waals surface area contributed by atoms with Gasteiger partial charge in [-0.2, -0.15) is 5.10 Å². The highest BCUT2D eigenvalue weighted by Gasteiger charge is 2.20. The van der Waals surface area contributed by atoms with Crippen LogP contribution in [-0.2, 0) is 11.2 Å². The number of nitrogens with zero attached hydrogens (tertiary/aromatic N) is 2. The predicted octanol–water partition coefficient (Wildman–Crippen LogP) is 3.16. The fraction of sp³-hybridized carbons (Fsp3) is 0.714. The summed E-state index contributed by atoms with van der Waals surface area (Å²) >= 11 is 0. The van der Waals surface area contributed by atoms with Gasteiger partial charge in [0, 0.05) is 25.1 Å². The van der Waals surface area contributed by atoms with E-state index in [4.69, 9.17) is 0 Å². The predicted molar refractivity (Wildman–Crippen MR) is 67.9 cm³/mol. The molecule has 0 bridgehead atoms. The second-order valence-corrected chi connectivity index (χ2v) is 5.25. The van der Waals surface area contributed by atoms with Crippen molar-refractivity contribution in [2.75, 3.05) is 0 Å². The molecular weight excluding hydrogens is 212 g/mol. The molecule has 1 heterocycles. The van der Waals surface area contributed by atoms with E-state index in [0.29, 0.717) is 17.7 Å². The molecule has 0 N–H and O–H groups in total. The molecule has 1 aromatic heterocycles. The molecule has 2 unspecified atom stereocenters. The zero-order valence-corrected chi connectivity index (χ0v) is 10.9. The topological polar surface area (TPSA) is 34.9 Å². The van der Waals surface area contributed by atoms with E-state index < -0.39 is 0 Å². The van der Waals surface area contributed by atoms with E-state index in [0.717, 1.165) is 37.8 Å². The monoisotopic (exact) mass is 234 g/mol. The molecule has 1 aromatic rings. The molecule has 17 heavy (non-hydrogen) atoms. The van der Waals surface area contributed by atoms with Crippen LogP contribution in [0.2, 0.25) is 0 Å². The van der Waals surface area contributed by atoms with Crippen molar-refractivity contribution in [2.45, 2.75) is 58.4 Å². The largest absolute Gasteiger partial charge is 0.300 e. The van der Waals surface area contributed by atoms with Crippen molar-refractivity contribution >= 4 is 5.78 Å². The average molecular weight is 234 g/mol. The fourth-order valence-corrected chi connectivity index (χ4v) is 2.50. The van der Waals surface area contributed by atoms with Crippen LogP contribution in [-0.4, -0.2) is 15.6 Å². The standard InChI is InChI=1S/C14H22N2O/c1-3-11(2)16-8-7-13(15-16)9-12-5-4-6-14(17)10-12/h7-8,11-12H,3-6,9-10H2,1-2H3. The summed E-state index contributed by atoms with van der Waals surface area (Å²) in [6.45, 7) is 4.35. The Morgan fingerprint density at radius 3 is 3.12 bits per heavy atom. The maximum absolute atomic E-state index is 11.4. The van der Waals surface area contributed by atoms with E-state index in [1.165, 1.54) is 6.42 Å². The van der Waals surface area contributed by atoms with Gasteiger partial charge in [0.1, 0.15) is 5.78 Å². The number of carbonyl (C=O) groups is 1. The van der Waals surface area contributed by atoms with Gasteiger partial charge < -0.3 is 0 Å². The van der Waals surface area contributed by atoms with Gasteiger partial charge in [-0.25, -0.2) is 0 Å². The molecule has 0 aromatic carbocycles. The van der Waals surface area contributed by atoms with Crippen LogP contribution in [0.1, 0.15) is 57.7 Å². The molecule has 0 aliphatic heterocycles. The molecular formula is C14H22N2O. The molecule has 0 radical (unpaired) electrons. The van der Waals surface area contributed by atoms with Crippen LogP contribution in [0.4, 0.5) is 0 Å². The Balaban J connectivity index is 1.94. The molecule has 3 heteroatoms. The molecule has 1 fully saturated rings. The summed E-state index contributed by atoms with van der Waals surface area (Å²) in [7, 11) is 0. The fourth-order valence-electron chi connectivity index (χ4n) is 2.50. The minimum Gasteiger partial charge on any atom is -0.300 e. The van der Waals surface area contributed by atoms with Crippen LogP contribution >= 0.6 is 0 Å². The van der Waals surface area contributed by atoms with Crippen LogP contribution in [0, 0.1) is 5.92 Å². The van der Waals surface area contributed by atoms with Crippen molar-refractivity contribution in [3.05, 3.63) is 18.0 Å². The molecule has 2 atom stereocenters. The number of ketones is 1. The molecule has 1 aliphatic carbocycles. The third kappa shape index (κ3) is 3.18. The van der Waals surface area contributed by atoms with Crippen LogP contribution in [0.3, 0.4) is 0 Å². The minimum absolute atomic E-state index is 0.433. The summed E-state index contributed by atoms with van der Waals surface area (Å²) < 4.78 is 2.04. The molecule has 94 valence electrons. The van der Waals surface area contributed by atoms with Crippen molar-refractivity contribution in [1.29, 1.82) is 0 Å². The first-order valence-electron chi connectivity index (χ1n) is 6.74. The lowest BCUT2D eigenvalue weighted by atomic mass is 9.85. The van der Waals surface area contributed by atoms with Crippen molar-refractivity contribution in [1.82, 2.24) is 9.78 Å². The Bertz CT molecular complexity index is 383. The van der Waals surface area contributed by atoms with E-state index in [1.807, 2.05) is 4.68 Å². The molecule has 1 saturated carbocycles. The highest BCUT2D eigenvalue weighted by Crippen LogP contribution is 2.24. The van der Waals surface area contributed by atoms with Gasteiger partial charge in [0.15, 0.2) is 0 Å². The zero-order valence-electron chi connectivity index (χ0n) is 10.9. The van der Waals surface area contributed by atoms with E-state index in [-0.39, 0.29) is 0 Å². The lowest BCUT2D eigenvalue weighted by molar-refractivity contribution is -0.121. The third-order valence-corrected chi connectivity index (χ3v) is 3.79. The SMILES string of the molecule is CCC(C)n1ccc(CC2CCCC(=O)C2)n1. The second-order valence-electron chi connectivity index (χ2n) is 5.25. The van der Waals surface area contributed by atoms with Gasteiger partial charge in [0.2, 0.25) is 0 Å². The summed E-state index contributed by atoms with van der Waals surface area (Å²) in [5.74, 6) is 0.958. The second kappa shape index (κ2) is 5.48. The van der Waals surface area contributed by atoms with Crippen molar-refractivity contribution in [3.63, 3.8) is 0 Å². The van der Waals surface area contributed by atoms with Crippen LogP contribution in [0.25, 0.3) is 0 Å². The van der Waals surface area contributed by atoms with Crippen molar-refractivity contribution in [2.24, 2.45) is 5.92 Å². The number of carbonyl (C=O) groups excluding carboxylic acids is 1. The number of hydrogen-bond acceptors (Lipinski definition) is 2. The lowest BCUT2D eigenvalue weighted by Gasteiger charge is -2.19. The van der Waals surface area contributed by atoms with Crippen LogP contribution < -0.4 is 0 Å². The van der Waals surface area contributed by atoms with Gasteiger partial charge in [-0.3, -0.25) is 9.48 Å². The van der Waals surface area contributed by atoms with Crippen LogP contribution in [0.15, 0.2) is 12.3 Å². The van der Waals surface area contributed by atoms with Gasteiger partial charge in [-0.05, 0) is 44.6 Å². The Labute approximate surface area is 103 Å². The average Bonchev–Trinajstić information content (AvgIpc) is 2.76. The molecule has 3 nitrogen and oxygen atoms in total. The quantitative estimate of drug-likeness (QED) is 0.802. The first kappa shape index (κ1) is 12.3. The minimum atomic E-state index is 0.433. The highest BCUT2D eigenvalue weighted by atomic mass is 16.1. The van der Waals surface area contributed by atoms with Gasteiger partial charge in [-0.1, -0.05) is 6.92 Å². The maximum atomic E-state index is 11.4. The van der Waals surface area contributed by atoms with Gasteiger partial charge >= 0.3 is 0 Å². The summed E-state index contributed by atoms with van der Waals surface area (Å²) in [5, 5.41) is 4.61. The van der Waals surface area contributed by atoms with Gasteiger partial charge in [0.05, 0.1) is 5.69 Å². The maximum Gasteiger partial charge on any atom is 0.133 e. The number of aromatic nitrogens is 2. The molecule has 0 saturated heterocycles. The first-order valence-corrected chi connectivity index (χ1v) is 6.74. The number of Topliss-reactive ketones (excluding diaryl/α,β-unsaturated/α-hetero) is 1. The van der Waals surface area contributed by atoms with E-state index in [9.17, 15) is 4.79 Å². The molecule has 1 aliphatic rings. The molecule has 2 rings (SSSR count). The Morgan fingerprint density at radius 1 is 1.59 bits per heavy atom. The van der Waals surface area contributed by atoms with Gasteiger partial charge in [-0.15, -0.1) is 0 Å². The smallest absolute Gasteiger partial charge is 0.133 e. The Morgan fingerprint density at radius 2 is 2.41 bits per heavy atom. The third-order valence-electron chi connectivity index (χ3n) is 3.79. The van der Waals surface area contributed by atoms with Crippen LogP contribution in [0.5, 0.6) is 0 Å². The van der Waals surface area contributed by atoms with E-state index in [1.54, 1.807) is 0 Å². The lowest BCUT2D eigenvalue weighted by Crippen LogP contribution is -2.17. The molecule has 0 amide bonds. The zero-order chi connectivity index (χ0) is 12.3. The first-order chi connectivity index (χ1) is 8.19. The van der Waals surface area contributed by atoms with Crippen molar-refractivity contribution in [3.8, 4) is 0 Å². The Hall–Kier alpha value is -1.12. The number of hydrogen-bond donors (Lipinski definition) is 0. The summed E-state index contributed by atoms with van der Waals surface area (Å²) in [4.78, 5) is 11.4. The van der Waals surface area contributed by atoms with E-state index in [2.05, 4.69) is 31.2 Å². The summed E-state index contributed by atoms with van der Waals surface area (Å²) in [6, 6.07) is 2.57. The van der Waals surface area contributed by atoms with Gasteiger partial charge in [0.25, 0.3) is 0 Å². The summed E-state index contributed by atoms with van der Waals surface area (Å²) in [6.07, 6.45) is 7.93. The normalized spacial score (nSPS) is 22.7. The highest BCUT2D eigenvalue weighted by molar-refractivity contribution is 5.79. The summed E-state index contributed by atoms with van der Waals surface area (Å²) in [5.41, 5.74) is 1.14. The molecule has 0 spiro atoms. The van der Waals surface area contributed by atoms with E-state index >= 15 is 0 Å². The van der Waals surface area contributed by atoms with Crippen molar-refractivity contribution < 1.29 is 4.79 Å².